The molecule has 1 aromatic rings. The fourth-order valence-corrected chi connectivity index (χ4v) is 1.66. The standard InChI is InChI=1S/C12H14F2N2O6/c1-15-8-4-7(11(17)21-3)5-9(10(8)16(18)19)22-12(13,14)6-20-2/h4-5,15H,6H2,1-3H3. The molecule has 1 rings (SSSR count). The molecule has 0 saturated carbocycles. The topological polar surface area (TPSA) is 99.9 Å². The Morgan fingerprint density at radius 3 is 2.50 bits per heavy atom. The van der Waals surface area contributed by atoms with Gasteiger partial charge in [0.15, 0.2) is 0 Å². The molecule has 22 heavy (non-hydrogen) atoms. The summed E-state index contributed by atoms with van der Waals surface area (Å²) in [6, 6.07) is 1.92. The maximum Gasteiger partial charge on any atom is 0.422 e. The second-order valence-corrected chi connectivity index (χ2v) is 4.04. The van der Waals surface area contributed by atoms with Gasteiger partial charge in [-0.15, -0.1) is 0 Å². The molecule has 0 aliphatic carbocycles. The highest BCUT2D eigenvalue weighted by Crippen LogP contribution is 2.39. The van der Waals surface area contributed by atoms with Crippen LogP contribution in [0, 0.1) is 10.1 Å². The highest BCUT2D eigenvalue weighted by atomic mass is 19.3. The van der Waals surface area contributed by atoms with Crippen molar-refractivity contribution in [1.29, 1.82) is 0 Å². The smallest absolute Gasteiger partial charge is 0.422 e. The van der Waals surface area contributed by atoms with E-state index in [9.17, 15) is 23.7 Å². The van der Waals surface area contributed by atoms with Crippen molar-refractivity contribution in [3.8, 4) is 5.75 Å². The first-order chi connectivity index (χ1) is 10.3. The molecule has 0 saturated heterocycles. The van der Waals surface area contributed by atoms with Crippen LogP contribution in [-0.2, 0) is 9.47 Å². The van der Waals surface area contributed by atoms with Gasteiger partial charge in [0.2, 0.25) is 5.75 Å². The lowest BCUT2D eigenvalue weighted by molar-refractivity contribution is -0.386. The Kier molecular flexibility index (Phi) is 5.57. The lowest BCUT2D eigenvalue weighted by Crippen LogP contribution is -2.30. The predicted molar refractivity (Wildman–Crippen MR) is 71.4 cm³/mol. The zero-order chi connectivity index (χ0) is 16.9. The minimum Gasteiger partial charge on any atom is -0.465 e. The molecule has 122 valence electrons. The third-order valence-corrected chi connectivity index (χ3v) is 2.52. The number of carbonyl (C=O) groups is 1. The summed E-state index contributed by atoms with van der Waals surface area (Å²) < 4.78 is 40.1. The Bertz CT molecular complexity index is 579. The van der Waals surface area contributed by atoms with Crippen molar-refractivity contribution in [2.75, 3.05) is 33.2 Å². The summed E-state index contributed by atoms with van der Waals surface area (Å²) in [6.07, 6.45) is -3.81. The first-order valence-corrected chi connectivity index (χ1v) is 5.90. The number of nitro groups is 1. The number of nitrogens with zero attached hydrogens (tertiary/aromatic N) is 1. The summed E-state index contributed by atoms with van der Waals surface area (Å²) in [5, 5.41) is 13.5. The van der Waals surface area contributed by atoms with Crippen LogP contribution in [0.2, 0.25) is 0 Å². The fourth-order valence-electron chi connectivity index (χ4n) is 1.66. The molecular weight excluding hydrogens is 306 g/mol. The molecule has 0 atom stereocenters. The second-order valence-electron chi connectivity index (χ2n) is 4.04. The van der Waals surface area contributed by atoms with Gasteiger partial charge in [0, 0.05) is 20.2 Å². The van der Waals surface area contributed by atoms with E-state index < -0.39 is 35.0 Å². The number of halogens is 2. The second kappa shape index (κ2) is 6.98. The van der Waals surface area contributed by atoms with Crippen molar-refractivity contribution >= 4 is 17.3 Å². The summed E-state index contributed by atoms with van der Waals surface area (Å²) in [4.78, 5) is 21.7. The van der Waals surface area contributed by atoms with Crippen LogP contribution in [0.3, 0.4) is 0 Å². The van der Waals surface area contributed by atoms with Crippen LogP contribution in [0.25, 0.3) is 0 Å². The molecule has 0 bridgehead atoms. The molecule has 0 radical (unpaired) electrons. The van der Waals surface area contributed by atoms with E-state index in [2.05, 4.69) is 19.5 Å². The molecule has 1 N–H and O–H groups in total. The van der Waals surface area contributed by atoms with Gasteiger partial charge >= 0.3 is 17.8 Å². The maximum absolute atomic E-state index is 13.5. The quantitative estimate of drug-likeness (QED) is 0.466. The number of carbonyl (C=O) groups excluding carboxylic acids is 1. The number of alkyl halides is 2. The van der Waals surface area contributed by atoms with Crippen LogP contribution >= 0.6 is 0 Å². The van der Waals surface area contributed by atoms with E-state index in [0.717, 1.165) is 26.4 Å². The van der Waals surface area contributed by atoms with Crippen LogP contribution in [0.4, 0.5) is 20.2 Å². The van der Waals surface area contributed by atoms with Crippen LogP contribution in [0.1, 0.15) is 10.4 Å². The molecule has 0 aromatic heterocycles. The van der Waals surface area contributed by atoms with E-state index in [0.29, 0.717) is 0 Å². The monoisotopic (exact) mass is 320 g/mol. The van der Waals surface area contributed by atoms with Gasteiger partial charge in [-0.05, 0) is 6.07 Å². The average molecular weight is 320 g/mol. The SMILES string of the molecule is CNc1cc(C(=O)OC)cc(OC(F)(F)COC)c1[N+](=O)[O-]. The van der Waals surface area contributed by atoms with Crippen molar-refractivity contribution in [3.05, 3.63) is 27.8 Å². The van der Waals surface area contributed by atoms with Gasteiger partial charge in [-0.2, -0.15) is 8.78 Å². The highest BCUT2D eigenvalue weighted by molar-refractivity contribution is 5.93. The van der Waals surface area contributed by atoms with Gasteiger partial charge in [-0.3, -0.25) is 10.1 Å². The molecule has 0 fully saturated rings. The molecule has 0 aliphatic rings. The Hall–Kier alpha value is -2.49. The number of ether oxygens (including phenoxy) is 3. The minimum atomic E-state index is -3.81. The van der Waals surface area contributed by atoms with Crippen LogP contribution in [-0.4, -0.2) is 44.9 Å². The summed E-state index contributed by atoms with van der Waals surface area (Å²) in [6.45, 7) is -1.11. The molecular formula is C12H14F2N2O6. The number of hydrogen-bond donors (Lipinski definition) is 1. The van der Waals surface area contributed by atoms with Gasteiger partial charge < -0.3 is 19.5 Å². The van der Waals surface area contributed by atoms with Crippen molar-refractivity contribution < 1.29 is 32.7 Å². The molecule has 0 spiro atoms. The van der Waals surface area contributed by atoms with Crippen molar-refractivity contribution in [3.63, 3.8) is 0 Å². The molecule has 0 unspecified atom stereocenters. The first-order valence-electron chi connectivity index (χ1n) is 5.90. The average Bonchev–Trinajstić information content (AvgIpc) is 2.44. The first kappa shape index (κ1) is 17.6. The summed E-state index contributed by atoms with van der Waals surface area (Å²) in [5.41, 5.74) is -1.08. The number of benzene rings is 1. The van der Waals surface area contributed by atoms with Gasteiger partial charge in [0.1, 0.15) is 12.3 Å². The zero-order valence-electron chi connectivity index (χ0n) is 12.0. The molecule has 0 heterocycles. The number of methoxy groups -OCH3 is 2. The van der Waals surface area contributed by atoms with E-state index in [1.807, 2.05) is 0 Å². The number of nitro benzene ring substituents is 1. The third-order valence-electron chi connectivity index (χ3n) is 2.52. The molecule has 0 aliphatic heterocycles. The van der Waals surface area contributed by atoms with Gasteiger partial charge in [-0.1, -0.05) is 0 Å². The summed E-state index contributed by atoms with van der Waals surface area (Å²) in [7, 11) is 3.44. The normalized spacial score (nSPS) is 11.0. The molecule has 10 heteroatoms. The number of esters is 1. The van der Waals surface area contributed by atoms with Gasteiger partial charge in [0.05, 0.1) is 17.6 Å². The predicted octanol–water partition coefficient (Wildman–Crippen LogP) is 2.04. The number of anilines is 1. The van der Waals surface area contributed by atoms with E-state index in [-0.39, 0.29) is 11.3 Å². The lowest BCUT2D eigenvalue weighted by Gasteiger charge is -2.18. The van der Waals surface area contributed by atoms with Gasteiger partial charge in [-0.25, -0.2) is 4.79 Å². The Labute approximate surface area is 124 Å². The number of rotatable bonds is 7. The van der Waals surface area contributed by atoms with Crippen molar-refractivity contribution in [1.82, 2.24) is 0 Å². The van der Waals surface area contributed by atoms with Crippen molar-refractivity contribution in [2.24, 2.45) is 0 Å². The fraction of sp³-hybridized carbons (Fsp3) is 0.417. The number of hydrogen-bond acceptors (Lipinski definition) is 7. The van der Waals surface area contributed by atoms with E-state index >= 15 is 0 Å². The molecule has 0 amide bonds. The Morgan fingerprint density at radius 2 is 2.05 bits per heavy atom. The number of nitrogens with one attached hydrogen (secondary N) is 1. The largest absolute Gasteiger partial charge is 0.465 e. The van der Waals surface area contributed by atoms with Crippen LogP contribution in [0.15, 0.2) is 12.1 Å². The van der Waals surface area contributed by atoms with E-state index in [1.54, 1.807) is 0 Å². The van der Waals surface area contributed by atoms with E-state index in [1.165, 1.54) is 7.05 Å². The molecule has 8 nitrogen and oxygen atoms in total. The maximum atomic E-state index is 13.5. The summed E-state index contributed by atoms with van der Waals surface area (Å²) in [5.74, 6) is -1.63. The Morgan fingerprint density at radius 1 is 1.41 bits per heavy atom. The van der Waals surface area contributed by atoms with Crippen LogP contribution < -0.4 is 10.1 Å². The molecule has 1 aromatic carbocycles. The van der Waals surface area contributed by atoms with Crippen molar-refractivity contribution in [2.45, 2.75) is 6.11 Å². The minimum absolute atomic E-state index is 0.170. The Balaban J connectivity index is 3.43. The third kappa shape index (κ3) is 4.01. The van der Waals surface area contributed by atoms with E-state index in [4.69, 9.17) is 0 Å². The lowest BCUT2D eigenvalue weighted by atomic mass is 10.1. The zero-order valence-corrected chi connectivity index (χ0v) is 12.0. The summed E-state index contributed by atoms with van der Waals surface area (Å²) >= 11 is 0. The van der Waals surface area contributed by atoms with Crippen LogP contribution in [0.5, 0.6) is 5.75 Å². The highest BCUT2D eigenvalue weighted by Gasteiger charge is 2.36. The van der Waals surface area contributed by atoms with Gasteiger partial charge in [0.25, 0.3) is 0 Å².